The van der Waals surface area contributed by atoms with Gasteiger partial charge in [0, 0.05) is 16.2 Å². The van der Waals surface area contributed by atoms with Crippen molar-refractivity contribution in [3.8, 4) is 11.4 Å². The minimum Gasteiger partial charge on any atom is -0.334 e. The number of aryl methyl sites for hydroxylation is 1. The number of amides is 2. The van der Waals surface area contributed by atoms with E-state index in [9.17, 15) is 4.79 Å². The molecule has 34 heavy (non-hydrogen) atoms. The Morgan fingerprint density at radius 1 is 0.971 bits per heavy atom. The first-order valence-corrected chi connectivity index (χ1v) is 12.2. The van der Waals surface area contributed by atoms with Gasteiger partial charge in [0.05, 0.1) is 17.3 Å². The van der Waals surface area contributed by atoms with Gasteiger partial charge in [0.1, 0.15) is 0 Å². The van der Waals surface area contributed by atoms with E-state index in [1.54, 1.807) is 16.7 Å². The average molecular weight is 469 g/mol. The number of urea groups is 1. The first-order valence-electron chi connectivity index (χ1n) is 11.0. The van der Waals surface area contributed by atoms with Crippen LogP contribution in [0.2, 0.25) is 0 Å². The van der Waals surface area contributed by atoms with Crippen molar-refractivity contribution in [2.45, 2.75) is 24.8 Å². The second-order valence-corrected chi connectivity index (χ2v) is 9.00. The van der Waals surface area contributed by atoms with E-state index in [2.05, 4.69) is 10.5 Å². The van der Waals surface area contributed by atoms with Crippen LogP contribution in [0.4, 0.5) is 10.5 Å². The summed E-state index contributed by atoms with van der Waals surface area (Å²) in [5.41, 5.74) is 5.26. The molecule has 1 atom stereocenters. The van der Waals surface area contributed by atoms with E-state index in [4.69, 9.17) is 9.51 Å². The van der Waals surface area contributed by atoms with Crippen molar-refractivity contribution in [2.24, 2.45) is 0 Å². The number of allylic oxidation sites excluding steroid dienone is 1. The fourth-order valence-corrected chi connectivity index (χ4v) is 4.58. The Morgan fingerprint density at radius 2 is 1.74 bits per heavy atom. The van der Waals surface area contributed by atoms with Crippen molar-refractivity contribution < 1.29 is 9.32 Å². The van der Waals surface area contributed by atoms with Crippen LogP contribution in [0.5, 0.6) is 0 Å². The molecule has 1 aliphatic heterocycles. The third-order valence-corrected chi connectivity index (χ3v) is 6.62. The summed E-state index contributed by atoms with van der Waals surface area (Å²) in [5, 5.41) is 7.39. The van der Waals surface area contributed by atoms with Crippen LogP contribution in [0.25, 0.3) is 17.0 Å². The van der Waals surface area contributed by atoms with Crippen LogP contribution in [0.1, 0.15) is 30.0 Å². The number of anilines is 1. The molecule has 7 heteroatoms. The maximum Gasteiger partial charge on any atom is 0.326 e. The maximum atomic E-state index is 13.4. The Bertz CT molecular complexity index is 1360. The lowest BCUT2D eigenvalue weighted by Crippen LogP contribution is -2.46. The van der Waals surface area contributed by atoms with Gasteiger partial charge >= 0.3 is 6.03 Å². The fraction of sp³-hybridized carbons (Fsp3) is 0.148. The van der Waals surface area contributed by atoms with Gasteiger partial charge in [0.25, 0.3) is 5.89 Å². The van der Waals surface area contributed by atoms with Crippen molar-refractivity contribution in [1.82, 2.24) is 15.5 Å². The number of carbonyl (C=O) groups is 1. The van der Waals surface area contributed by atoms with Gasteiger partial charge in [0.2, 0.25) is 5.82 Å². The zero-order chi connectivity index (χ0) is 23.7. The van der Waals surface area contributed by atoms with Crippen LogP contribution in [0, 0.1) is 6.92 Å². The van der Waals surface area contributed by atoms with E-state index in [-0.39, 0.29) is 6.03 Å². The van der Waals surface area contributed by atoms with Crippen molar-refractivity contribution in [2.75, 3.05) is 11.2 Å². The Kier molecular flexibility index (Phi) is 5.94. The number of aromatic nitrogens is 2. The standard InChI is InChI=1S/C27H24N4O2S/c1-17-12-14-19(15-13-17)24-23(26-29-25(30-33-26)20-8-5-4-6-9-20)18(2)31(27(32)28-24)21-10-7-11-22(16-21)34-3/h4-16,24H,1-3H3,(H,28,32). The zero-order valence-electron chi connectivity index (χ0n) is 19.1. The van der Waals surface area contributed by atoms with E-state index in [1.807, 2.05) is 99.0 Å². The molecule has 2 heterocycles. The molecule has 0 saturated carbocycles. The summed E-state index contributed by atoms with van der Waals surface area (Å²) in [6.07, 6.45) is 2.01. The molecule has 5 rings (SSSR count). The summed E-state index contributed by atoms with van der Waals surface area (Å²) < 4.78 is 5.77. The van der Waals surface area contributed by atoms with Gasteiger partial charge in [-0.05, 0) is 43.9 Å². The molecule has 1 N–H and O–H groups in total. The molecule has 4 aromatic rings. The van der Waals surface area contributed by atoms with E-state index in [0.717, 1.165) is 38.5 Å². The minimum absolute atomic E-state index is 0.201. The number of rotatable bonds is 5. The van der Waals surface area contributed by atoms with Crippen LogP contribution < -0.4 is 10.2 Å². The van der Waals surface area contributed by atoms with Crippen LogP contribution in [-0.4, -0.2) is 22.4 Å². The number of hydrogen-bond donors (Lipinski definition) is 1. The highest BCUT2D eigenvalue weighted by Crippen LogP contribution is 2.39. The van der Waals surface area contributed by atoms with Crippen molar-refractivity contribution in [3.05, 3.63) is 102 Å². The molecular formula is C27H24N4O2S. The molecule has 0 fully saturated rings. The second-order valence-electron chi connectivity index (χ2n) is 8.12. The molecule has 0 spiro atoms. The topological polar surface area (TPSA) is 71.3 Å². The number of nitrogens with zero attached hydrogens (tertiary/aromatic N) is 3. The molecule has 0 bridgehead atoms. The van der Waals surface area contributed by atoms with Crippen molar-refractivity contribution in [1.29, 1.82) is 0 Å². The number of nitrogens with one attached hydrogen (secondary N) is 1. The summed E-state index contributed by atoms with van der Waals surface area (Å²) in [6.45, 7) is 3.96. The normalized spacial score (nSPS) is 16.0. The van der Waals surface area contributed by atoms with E-state index >= 15 is 0 Å². The molecule has 1 aromatic heterocycles. The summed E-state index contributed by atoms with van der Waals surface area (Å²) in [7, 11) is 0. The summed E-state index contributed by atoms with van der Waals surface area (Å²) >= 11 is 1.63. The summed E-state index contributed by atoms with van der Waals surface area (Å²) in [5.74, 6) is 0.888. The average Bonchev–Trinajstić information content (AvgIpc) is 3.35. The first kappa shape index (κ1) is 22.0. The Labute approximate surface area is 202 Å². The largest absolute Gasteiger partial charge is 0.334 e. The van der Waals surface area contributed by atoms with Gasteiger partial charge in [-0.25, -0.2) is 4.79 Å². The molecule has 6 nitrogen and oxygen atoms in total. The SMILES string of the molecule is CSc1cccc(N2C(=O)NC(c3ccc(C)cc3)C(c3nc(-c4ccccc4)no3)=C2C)c1. The first-order chi connectivity index (χ1) is 16.5. The quantitative estimate of drug-likeness (QED) is 0.340. The van der Waals surface area contributed by atoms with Gasteiger partial charge in [-0.1, -0.05) is 71.4 Å². The monoisotopic (exact) mass is 468 g/mol. The molecule has 0 aliphatic carbocycles. The zero-order valence-corrected chi connectivity index (χ0v) is 20.0. The second kappa shape index (κ2) is 9.19. The molecule has 170 valence electrons. The van der Waals surface area contributed by atoms with Crippen LogP contribution >= 0.6 is 11.8 Å². The number of carbonyl (C=O) groups excluding carboxylic acids is 1. The van der Waals surface area contributed by atoms with Crippen LogP contribution in [0.3, 0.4) is 0 Å². The highest BCUT2D eigenvalue weighted by atomic mass is 32.2. The number of thioether (sulfide) groups is 1. The van der Waals surface area contributed by atoms with Crippen molar-refractivity contribution >= 4 is 29.1 Å². The number of benzene rings is 3. The van der Waals surface area contributed by atoms with Gasteiger partial charge in [-0.2, -0.15) is 4.98 Å². The molecule has 1 unspecified atom stereocenters. The Balaban J connectivity index is 1.66. The van der Waals surface area contributed by atoms with Crippen LogP contribution in [0.15, 0.2) is 94.0 Å². The van der Waals surface area contributed by atoms with Crippen LogP contribution in [-0.2, 0) is 0 Å². The lowest BCUT2D eigenvalue weighted by molar-refractivity contribution is 0.244. The highest BCUT2D eigenvalue weighted by Gasteiger charge is 2.36. The summed E-state index contributed by atoms with van der Waals surface area (Å²) in [6, 6.07) is 25.1. The molecular weight excluding hydrogens is 444 g/mol. The van der Waals surface area contributed by atoms with Gasteiger partial charge < -0.3 is 9.84 Å². The summed E-state index contributed by atoms with van der Waals surface area (Å²) in [4.78, 5) is 20.8. The van der Waals surface area contributed by atoms with Gasteiger partial charge in [-0.15, -0.1) is 11.8 Å². The molecule has 0 saturated heterocycles. The van der Waals surface area contributed by atoms with Gasteiger partial charge in [-0.3, -0.25) is 4.90 Å². The predicted molar refractivity (Wildman–Crippen MR) is 135 cm³/mol. The number of hydrogen-bond acceptors (Lipinski definition) is 5. The highest BCUT2D eigenvalue weighted by molar-refractivity contribution is 7.98. The lowest BCUT2D eigenvalue weighted by atomic mass is 9.94. The van der Waals surface area contributed by atoms with E-state index < -0.39 is 6.04 Å². The third-order valence-electron chi connectivity index (χ3n) is 5.90. The van der Waals surface area contributed by atoms with Crippen molar-refractivity contribution in [3.63, 3.8) is 0 Å². The Morgan fingerprint density at radius 3 is 2.47 bits per heavy atom. The van der Waals surface area contributed by atoms with E-state index in [1.165, 1.54) is 0 Å². The molecule has 2 amide bonds. The van der Waals surface area contributed by atoms with E-state index in [0.29, 0.717) is 11.7 Å². The fourth-order valence-electron chi connectivity index (χ4n) is 4.13. The molecule has 1 aliphatic rings. The molecule has 0 radical (unpaired) electrons. The lowest BCUT2D eigenvalue weighted by Gasteiger charge is -2.35. The maximum absolute atomic E-state index is 13.4. The Hall–Kier alpha value is -3.84. The smallest absolute Gasteiger partial charge is 0.326 e. The molecule has 3 aromatic carbocycles. The third kappa shape index (κ3) is 4.10. The predicted octanol–water partition coefficient (Wildman–Crippen LogP) is 6.47. The minimum atomic E-state index is -0.419. The van der Waals surface area contributed by atoms with Gasteiger partial charge in [0.15, 0.2) is 0 Å².